The number of rotatable bonds is 1. The van der Waals surface area contributed by atoms with E-state index in [4.69, 9.17) is 10.00 Å². The monoisotopic (exact) mass is 184 g/mol. The molecule has 0 spiro atoms. The smallest absolute Gasteiger partial charge is 0.145 e. The third-order valence-electron chi connectivity index (χ3n) is 2.11. The summed E-state index contributed by atoms with van der Waals surface area (Å²) in [5, 5.41) is 10.6. The topological polar surface area (TPSA) is 45.9 Å². The van der Waals surface area contributed by atoms with Crippen molar-refractivity contribution in [3.63, 3.8) is 0 Å². The molecule has 3 nitrogen and oxygen atoms in total. The normalized spacial score (nSPS) is 9.71. The van der Waals surface area contributed by atoms with E-state index in [1.54, 1.807) is 25.6 Å². The quantitative estimate of drug-likeness (QED) is 0.681. The van der Waals surface area contributed by atoms with Crippen molar-refractivity contribution in [3.8, 4) is 11.8 Å². The lowest BCUT2D eigenvalue weighted by Crippen LogP contribution is -1.88. The van der Waals surface area contributed by atoms with E-state index in [0.29, 0.717) is 11.3 Å². The summed E-state index contributed by atoms with van der Waals surface area (Å²) >= 11 is 0. The van der Waals surface area contributed by atoms with Crippen LogP contribution in [0.4, 0.5) is 0 Å². The highest BCUT2D eigenvalue weighted by Crippen LogP contribution is 2.25. The first-order chi connectivity index (χ1) is 6.86. The van der Waals surface area contributed by atoms with Gasteiger partial charge in [-0.15, -0.1) is 0 Å². The lowest BCUT2D eigenvalue weighted by molar-refractivity contribution is 0.418. The number of nitriles is 1. The summed E-state index contributed by atoms with van der Waals surface area (Å²) in [6, 6.07) is 7.64. The summed E-state index contributed by atoms with van der Waals surface area (Å²) < 4.78 is 5.16. The van der Waals surface area contributed by atoms with Crippen LogP contribution in [0.25, 0.3) is 10.8 Å². The van der Waals surface area contributed by atoms with E-state index in [1.165, 1.54) is 0 Å². The molecule has 68 valence electrons. The number of benzene rings is 1. The molecule has 3 heteroatoms. The predicted octanol–water partition coefficient (Wildman–Crippen LogP) is 2.12. The Labute approximate surface area is 81.6 Å². The molecular formula is C11H8N2O. The Balaban J connectivity index is 2.86. The molecule has 2 rings (SSSR count). The number of hydrogen-bond donors (Lipinski definition) is 0. The average Bonchev–Trinajstić information content (AvgIpc) is 2.27. The van der Waals surface area contributed by atoms with Gasteiger partial charge < -0.3 is 4.74 Å². The molecule has 1 heterocycles. The third kappa shape index (κ3) is 1.17. The summed E-state index contributed by atoms with van der Waals surface area (Å²) in [5.41, 5.74) is 0.619. The summed E-state index contributed by atoms with van der Waals surface area (Å²) in [7, 11) is 1.59. The van der Waals surface area contributed by atoms with E-state index >= 15 is 0 Å². The molecule has 0 N–H and O–H groups in total. The van der Waals surface area contributed by atoms with E-state index in [1.807, 2.05) is 12.1 Å². The minimum atomic E-state index is 0.619. The van der Waals surface area contributed by atoms with Gasteiger partial charge in [-0.25, -0.2) is 0 Å². The maximum absolute atomic E-state index is 8.88. The van der Waals surface area contributed by atoms with Gasteiger partial charge in [0.2, 0.25) is 0 Å². The molecule has 1 aromatic heterocycles. The third-order valence-corrected chi connectivity index (χ3v) is 2.11. The maximum atomic E-state index is 8.88. The molecule has 1 aromatic carbocycles. The molecule has 0 atom stereocenters. The van der Waals surface area contributed by atoms with E-state index in [2.05, 4.69) is 11.1 Å². The first-order valence-corrected chi connectivity index (χ1v) is 4.17. The second kappa shape index (κ2) is 3.35. The summed E-state index contributed by atoms with van der Waals surface area (Å²) in [4.78, 5) is 4.02. The molecule has 0 unspecified atom stereocenters. The van der Waals surface area contributed by atoms with Gasteiger partial charge >= 0.3 is 0 Å². The standard InChI is InChI=1S/C11H8N2O/c1-14-11-7-13-6-10-8(5-12)3-2-4-9(10)11/h2-4,6-7H,1H3. The van der Waals surface area contributed by atoms with Gasteiger partial charge in [-0.2, -0.15) is 5.26 Å². The van der Waals surface area contributed by atoms with Gasteiger partial charge in [0.05, 0.1) is 24.9 Å². The molecular weight excluding hydrogens is 176 g/mol. The van der Waals surface area contributed by atoms with Crippen LogP contribution < -0.4 is 4.74 Å². The van der Waals surface area contributed by atoms with Crippen LogP contribution in [0.5, 0.6) is 5.75 Å². The summed E-state index contributed by atoms with van der Waals surface area (Å²) in [5.74, 6) is 0.694. The van der Waals surface area contributed by atoms with Crippen molar-refractivity contribution >= 4 is 10.8 Å². The van der Waals surface area contributed by atoms with Crippen LogP contribution in [-0.4, -0.2) is 12.1 Å². The van der Waals surface area contributed by atoms with E-state index < -0.39 is 0 Å². The highest BCUT2D eigenvalue weighted by atomic mass is 16.5. The lowest BCUT2D eigenvalue weighted by Gasteiger charge is -2.04. The Morgan fingerprint density at radius 2 is 2.14 bits per heavy atom. The SMILES string of the molecule is COc1cncc2c(C#N)cccc12. The molecule has 0 fully saturated rings. The fourth-order valence-corrected chi connectivity index (χ4v) is 1.43. The fourth-order valence-electron chi connectivity index (χ4n) is 1.43. The number of hydrogen-bond acceptors (Lipinski definition) is 3. The molecule has 0 aliphatic carbocycles. The molecule has 0 bridgehead atoms. The minimum absolute atomic E-state index is 0.619. The minimum Gasteiger partial charge on any atom is -0.494 e. The predicted molar refractivity (Wildman–Crippen MR) is 53.0 cm³/mol. The zero-order valence-electron chi connectivity index (χ0n) is 7.69. The van der Waals surface area contributed by atoms with Gasteiger partial charge in [0.25, 0.3) is 0 Å². The van der Waals surface area contributed by atoms with Gasteiger partial charge in [-0.3, -0.25) is 4.98 Å². The molecule has 0 saturated carbocycles. The number of ether oxygens (including phenoxy) is 1. The van der Waals surface area contributed by atoms with E-state index in [9.17, 15) is 0 Å². The zero-order valence-corrected chi connectivity index (χ0v) is 7.69. The Kier molecular flexibility index (Phi) is 2.04. The summed E-state index contributed by atoms with van der Waals surface area (Å²) in [6.45, 7) is 0. The number of methoxy groups -OCH3 is 1. The van der Waals surface area contributed by atoms with Crippen LogP contribution in [0.15, 0.2) is 30.6 Å². The van der Waals surface area contributed by atoms with Crippen molar-refractivity contribution in [1.29, 1.82) is 5.26 Å². The van der Waals surface area contributed by atoms with Crippen LogP contribution in [0, 0.1) is 11.3 Å². The summed E-state index contributed by atoms with van der Waals surface area (Å²) in [6.07, 6.45) is 3.32. The van der Waals surface area contributed by atoms with Gasteiger partial charge in [-0.05, 0) is 6.07 Å². The van der Waals surface area contributed by atoms with Crippen LogP contribution in [-0.2, 0) is 0 Å². The molecule has 0 saturated heterocycles. The van der Waals surface area contributed by atoms with Crippen molar-refractivity contribution in [2.45, 2.75) is 0 Å². The highest BCUT2D eigenvalue weighted by molar-refractivity contribution is 5.91. The van der Waals surface area contributed by atoms with Gasteiger partial charge in [-0.1, -0.05) is 12.1 Å². The van der Waals surface area contributed by atoms with E-state index in [-0.39, 0.29) is 0 Å². The second-order valence-electron chi connectivity index (χ2n) is 2.85. The van der Waals surface area contributed by atoms with Crippen LogP contribution in [0.3, 0.4) is 0 Å². The van der Waals surface area contributed by atoms with Crippen LogP contribution >= 0.6 is 0 Å². The number of pyridine rings is 1. The zero-order chi connectivity index (χ0) is 9.97. The Bertz CT molecular complexity index is 514. The van der Waals surface area contributed by atoms with Gasteiger partial charge in [0, 0.05) is 17.0 Å². The van der Waals surface area contributed by atoms with Gasteiger partial charge in [0.1, 0.15) is 5.75 Å². The largest absolute Gasteiger partial charge is 0.494 e. The number of nitrogens with zero attached hydrogens (tertiary/aromatic N) is 2. The molecule has 0 aliphatic heterocycles. The van der Waals surface area contributed by atoms with Crippen molar-refractivity contribution in [3.05, 3.63) is 36.2 Å². The van der Waals surface area contributed by atoms with Crippen molar-refractivity contribution < 1.29 is 4.74 Å². The first kappa shape index (κ1) is 8.52. The lowest BCUT2D eigenvalue weighted by atomic mass is 10.1. The van der Waals surface area contributed by atoms with Crippen LogP contribution in [0.2, 0.25) is 0 Å². The Morgan fingerprint density at radius 3 is 2.86 bits per heavy atom. The highest BCUT2D eigenvalue weighted by Gasteiger charge is 2.04. The van der Waals surface area contributed by atoms with Crippen molar-refractivity contribution in [1.82, 2.24) is 4.98 Å². The van der Waals surface area contributed by atoms with Crippen LogP contribution in [0.1, 0.15) is 5.56 Å². The molecule has 2 aromatic rings. The Morgan fingerprint density at radius 1 is 1.29 bits per heavy atom. The fraction of sp³-hybridized carbons (Fsp3) is 0.0909. The number of fused-ring (bicyclic) bond motifs is 1. The molecule has 0 radical (unpaired) electrons. The number of aromatic nitrogens is 1. The average molecular weight is 184 g/mol. The second-order valence-corrected chi connectivity index (χ2v) is 2.85. The molecule has 0 amide bonds. The molecule has 0 aliphatic rings. The molecule has 14 heavy (non-hydrogen) atoms. The van der Waals surface area contributed by atoms with Gasteiger partial charge in [0.15, 0.2) is 0 Å². The van der Waals surface area contributed by atoms with Crippen molar-refractivity contribution in [2.24, 2.45) is 0 Å². The maximum Gasteiger partial charge on any atom is 0.145 e. The Hall–Kier alpha value is -2.08. The first-order valence-electron chi connectivity index (χ1n) is 4.17. The van der Waals surface area contributed by atoms with Crippen molar-refractivity contribution in [2.75, 3.05) is 7.11 Å². The van der Waals surface area contributed by atoms with E-state index in [0.717, 1.165) is 10.8 Å².